The van der Waals surface area contributed by atoms with Crippen LogP contribution in [0, 0.1) is 0 Å². The second-order valence-electron chi connectivity index (χ2n) is 6.74. The summed E-state index contributed by atoms with van der Waals surface area (Å²) in [6.07, 6.45) is 4.64. The Morgan fingerprint density at radius 3 is 2.68 bits per heavy atom. The van der Waals surface area contributed by atoms with Crippen LogP contribution in [0.3, 0.4) is 0 Å². The summed E-state index contributed by atoms with van der Waals surface area (Å²) in [5.41, 5.74) is 8.59. The number of anilines is 1. The molecule has 0 spiro atoms. The highest BCUT2D eigenvalue weighted by Crippen LogP contribution is 2.16. The molecule has 0 aliphatic carbocycles. The topological polar surface area (TPSA) is 56.9 Å². The molecule has 3 N–H and O–H groups in total. The molecule has 0 bridgehead atoms. The van der Waals surface area contributed by atoms with E-state index in [9.17, 15) is 0 Å². The van der Waals surface area contributed by atoms with Crippen molar-refractivity contribution < 1.29 is 0 Å². The summed E-state index contributed by atoms with van der Waals surface area (Å²) in [5.74, 6) is 0.584. The summed E-state index contributed by atoms with van der Waals surface area (Å²) >= 11 is 0. The highest BCUT2D eigenvalue weighted by molar-refractivity contribution is 14.0. The van der Waals surface area contributed by atoms with Gasteiger partial charge in [-0.3, -0.25) is 9.89 Å². The lowest BCUT2D eigenvalue weighted by molar-refractivity contribution is 0.273. The number of hydrogen-bond donors (Lipinski definition) is 2. The lowest BCUT2D eigenvalue weighted by atomic mass is 10.1. The molecular weight excluding hydrogens is 425 g/mol. The molecule has 25 heavy (non-hydrogen) atoms. The number of aliphatic imine (C=N–C) groups is 1. The molecule has 1 heterocycles. The first-order chi connectivity index (χ1) is 11.6. The molecule has 1 atom stereocenters. The number of benzene rings is 1. The number of hydrogen-bond acceptors (Lipinski definition) is 3. The molecule has 1 aliphatic rings. The molecular formula is C19H34IN5. The first-order valence-electron chi connectivity index (χ1n) is 9.14. The summed E-state index contributed by atoms with van der Waals surface area (Å²) in [6.45, 7) is 6.22. The fourth-order valence-corrected chi connectivity index (χ4v) is 3.25. The summed E-state index contributed by atoms with van der Waals surface area (Å²) < 4.78 is 0. The molecule has 1 aromatic rings. The molecule has 1 saturated heterocycles. The minimum Gasteiger partial charge on any atom is -0.378 e. The van der Waals surface area contributed by atoms with E-state index in [2.05, 4.69) is 65.4 Å². The molecule has 1 aromatic carbocycles. The number of likely N-dealkylation sites (N-methyl/N-ethyl adjacent to an activating group) is 1. The molecule has 1 aliphatic heterocycles. The van der Waals surface area contributed by atoms with E-state index in [1.165, 1.54) is 30.6 Å². The summed E-state index contributed by atoms with van der Waals surface area (Å²) in [6, 6.07) is 9.31. The van der Waals surface area contributed by atoms with Crippen molar-refractivity contribution in [3.8, 4) is 0 Å². The molecule has 1 fully saturated rings. The monoisotopic (exact) mass is 459 g/mol. The van der Waals surface area contributed by atoms with E-state index in [0.717, 1.165) is 32.5 Å². The standard InChI is InChI=1S/C19H33N5.HI/c1-4-24-14-6-8-18(24)15-22-19(20)21-13-5-7-16-9-11-17(12-10-16)23(2)3;/h9-12,18H,4-8,13-15H2,1-3H3,(H3,20,21,22);1H. The zero-order chi connectivity index (χ0) is 17.4. The fourth-order valence-electron chi connectivity index (χ4n) is 3.25. The number of guanidine groups is 1. The van der Waals surface area contributed by atoms with E-state index >= 15 is 0 Å². The summed E-state index contributed by atoms with van der Waals surface area (Å²) in [4.78, 5) is 9.13. The maximum Gasteiger partial charge on any atom is 0.188 e. The van der Waals surface area contributed by atoms with Gasteiger partial charge in [0.05, 0.1) is 6.54 Å². The van der Waals surface area contributed by atoms with Crippen LogP contribution in [0.5, 0.6) is 0 Å². The number of halogens is 1. The third-order valence-electron chi connectivity index (χ3n) is 4.78. The van der Waals surface area contributed by atoms with Crippen LogP contribution in [-0.4, -0.2) is 57.2 Å². The van der Waals surface area contributed by atoms with Gasteiger partial charge < -0.3 is 16.0 Å². The molecule has 1 unspecified atom stereocenters. The van der Waals surface area contributed by atoms with Crippen LogP contribution < -0.4 is 16.0 Å². The SMILES string of the molecule is CCN1CCCC1CN=C(N)NCCCc1ccc(N(C)C)cc1.I. The van der Waals surface area contributed by atoms with Crippen LogP contribution in [0.2, 0.25) is 0 Å². The van der Waals surface area contributed by atoms with E-state index in [1.54, 1.807) is 0 Å². The van der Waals surface area contributed by atoms with Crippen LogP contribution in [0.1, 0.15) is 31.7 Å². The number of nitrogens with two attached hydrogens (primary N) is 1. The number of likely N-dealkylation sites (tertiary alicyclic amines) is 1. The Bertz CT molecular complexity index is 515. The largest absolute Gasteiger partial charge is 0.378 e. The molecule has 0 radical (unpaired) electrons. The predicted octanol–water partition coefficient (Wildman–Crippen LogP) is 2.69. The summed E-state index contributed by atoms with van der Waals surface area (Å²) in [5, 5.41) is 3.24. The smallest absolute Gasteiger partial charge is 0.188 e. The molecule has 0 saturated carbocycles. The lowest BCUT2D eigenvalue weighted by Crippen LogP contribution is -2.36. The number of aryl methyl sites for hydroxylation is 1. The van der Waals surface area contributed by atoms with Crippen LogP contribution in [0.4, 0.5) is 5.69 Å². The fraction of sp³-hybridized carbons (Fsp3) is 0.632. The molecule has 0 aromatic heterocycles. The van der Waals surface area contributed by atoms with Gasteiger partial charge in [0.15, 0.2) is 5.96 Å². The van der Waals surface area contributed by atoms with Crippen molar-refractivity contribution in [1.29, 1.82) is 0 Å². The van der Waals surface area contributed by atoms with Crippen LogP contribution in [0.15, 0.2) is 29.3 Å². The Labute approximate surface area is 170 Å². The van der Waals surface area contributed by atoms with Crippen molar-refractivity contribution in [3.05, 3.63) is 29.8 Å². The number of nitrogens with one attached hydrogen (secondary N) is 1. The predicted molar refractivity (Wildman–Crippen MR) is 119 cm³/mol. The molecule has 2 rings (SSSR count). The normalized spacial score (nSPS) is 18.0. The van der Waals surface area contributed by atoms with Gasteiger partial charge in [0.2, 0.25) is 0 Å². The maximum absolute atomic E-state index is 5.99. The lowest BCUT2D eigenvalue weighted by Gasteiger charge is -2.20. The average Bonchev–Trinajstić information content (AvgIpc) is 3.05. The highest BCUT2D eigenvalue weighted by atomic mass is 127. The van der Waals surface area contributed by atoms with E-state index in [-0.39, 0.29) is 24.0 Å². The molecule has 5 nitrogen and oxygen atoms in total. The van der Waals surface area contributed by atoms with Gasteiger partial charge in [0, 0.05) is 32.4 Å². The molecule has 142 valence electrons. The Morgan fingerprint density at radius 1 is 1.32 bits per heavy atom. The Balaban J connectivity index is 0.00000312. The van der Waals surface area contributed by atoms with Gasteiger partial charge in [0.1, 0.15) is 0 Å². The zero-order valence-electron chi connectivity index (χ0n) is 15.9. The van der Waals surface area contributed by atoms with Crippen LogP contribution in [-0.2, 0) is 6.42 Å². The van der Waals surface area contributed by atoms with Gasteiger partial charge >= 0.3 is 0 Å². The van der Waals surface area contributed by atoms with Crippen molar-refractivity contribution >= 4 is 35.6 Å². The van der Waals surface area contributed by atoms with Gasteiger partial charge in [-0.25, -0.2) is 0 Å². The highest BCUT2D eigenvalue weighted by Gasteiger charge is 2.22. The molecule has 0 amide bonds. The van der Waals surface area contributed by atoms with E-state index in [1.807, 2.05) is 0 Å². The third kappa shape index (κ3) is 7.40. The van der Waals surface area contributed by atoms with Crippen molar-refractivity contribution in [2.24, 2.45) is 10.7 Å². The Hall–Kier alpha value is -1.02. The zero-order valence-corrected chi connectivity index (χ0v) is 18.2. The van der Waals surface area contributed by atoms with Crippen molar-refractivity contribution in [2.45, 2.75) is 38.6 Å². The number of rotatable bonds is 8. The van der Waals surface area contributed by atoms with Gasteiger partial charge in [-0.1, -0.05) is 19.1 Å². The van der Waals surface area contributed by atoms with Gasteiger partial charge in [-0.15, -0.1) is 24.0 Å². The van der Waals surface area contributed by atoms with E-state index < -0.39 is 0 Å². The van der Waals surface area contributed by atoms with E-state index in [0.29, 0.717) is 12.0 Å². The van der Waals surface area contributed by atoms with Crippen molar-refractivity contribution in [1.82, 2.24) is 10.2 Å². The first-order valence-corrected chi connectivity index (χ1v) is 9.14. The van der Waals surface area contributed by atoms with Crippen molar-refractivity contribution in [2.75, 3.05) is 45.2 Å². The second-order valence-corrected chi connectivity index (χ2v) is 6.74. The van der Waals surface area contributed by atoms with Crippen molar-refractivity contribution in [3.63, 3.8) is 0 Å². The first kappa shape index (κ1) is 22.0. The second kappa shape index (κ2) is 11.6. The minimum absolute atomic E-state index is 0. The van der Waals surface area contributed by atoms with Crippen LogP contribution >= 0.6 is 24.0 Å². The Morgan fingerprint density at radius 2 is 2.04 bits per heavy atom. The van der Waals surface area contributed by atoms with Gasteiger partial charge in [-0.2, -0.15) is 0 Å². The summed E-state index contributed by atoms with van der Waals surface area (Å²) in [7, 11) is 4.12. The average molecular weight is 459 g/mol. The quantitative estimate of drug-likeness (QED) is 0.272. The van der Waals surface area contributed by atoms with Crippen LogP contribution in [0.25, 0.3) is 0 Å². The minimum atomic E-state index is 0. The number of nitrogens with zero attached hydrogens (tertiary/aromatic N) is 3. The van der Waals surface area contributed by atoms with Gasteiger partial charge in [0.25, 0.3) is 0 Å². The van der Waals surface area contributed by atoms with Gasteiger partial charge in [-0.05, 0) is 56.5 Å². The molecule has 6 heteroatoms. The Kier molecular flexibility index (Phi) is 10.2. The maximum atomic E-state index is 5.99. The van der Waals surface area contributed by atoms with E-state index in [4.69, 9.17) is 5.73 Å². The third-order valence-corrected chi connectivity index (χ3v) is 4.78.